The van der Waals surface area contributed by atoms with Crippen molar-refractivity contribution >= 4 is 27.3 Å². The molecule has 0 saturated heterocycles. The first-order valence-electron chi connectivity index (χ1n) is 10.6. The molecule has 1 amide bonds. The molecule has 0 fully saturated rings. The Morgan fingerprint density at radius 3 is 2.55 bits per heavy atom. The highest BCUT2D eigenvalue weighted by atomic mass is 32.2. The Hall–Kier alpha value is -3.52. The number of hydrogen-bond donors (Lipinski definition) is 1. The van der Waals surface area contributed by atoms with E-state index in [2.05, 4.69) is 5.32 Å². The molecule has 0 aromatic heterocycles. The molecule has 0 bridgehead atoms. The van der Waals surface area contributed by atoms with Crippen LogP contribution in [0.1, 0.15) is 18.1 Å². The van der Waals surface area contributed by atoms with E-state index < -0.39 is 10.0 Å². The third kappa shape index (κ3) is 4.80. The molecule has 7 nitrogen and oxygen atoms in total. The van der Waals surface area contributed by atoms with Crippen LogP contribution in [0.4, 0.5) is 11.4 Å². The molecule has 172 valence electrons. The lowest BCUT2D eigenvalue weighted by Crippen LogP contribution is -2.42. The Morgan fingerprint density at radius 1 is 1.06 bits per heavy atom. The fraction of sp³-hybridized carbons (Fsp3) is 0.240. The van der Waals surface area contributed by atoms with Crippen LogP contribution in [-0.2, 0) is 14.8 Å². The van der Waals surface area contributed by atoms with E-state index in [1.54, 1.807) is 30.3 Å². The van der Waals surface area contributed by atoms with Crippen molar-refractivity contribution in [3.05, 3.63) is 77.9 Å². The predicted octanol–water partition coefficient (Wildman–Crippen LogP) is 4.30. The van der Waals surface area contributed by atoms with E-state index in [-0.39, 0.29) is 30.1 Å². The summed E-state index contributed by atoms with van der Waals surface area (Å²) < 4.78 is 39.4. The van der Waals surface area contributed by atoms with Crippen LogP contribution in [0.5, 0.6) is 11.5 Å². The number of benzene rings is 3. The molecule has 0 radical (unpaired) electrons. The van der Waals surface area contributed by atoms with E-state index >= 15 is 0 Å². The summed E-state index contributed by atoms with van der Waals surface area (Å²) in [5.74, 6) is 0.863. The van der Waals surface area contributed by atoms with Crippen molar-refractivity contribution in [2.75, 3.05) is 22.8 Å². The number of amides is 1. The molecule has 0 unspecified atom stereocenters. The first kappa shape index (κ1) is 22.7. The van der Waals surface area contributed by atoms with Crippen LogP contribution in [0.15, 0.2) is 71.6 Å². The van der Waals surface area contributed by atoms with E-state index in [0.29, 0.717) is 22.9 Å². The van der Waals surface area contributed by atoms with Gasteiger partial charge in [0.2, 0.25) is 0 Å². The molecular weight excluding hydrogens is 440 g/mol. The van der Waals surface area contributed by atoms with Crippen molar-refractivity contribution in [1.29, 1.82) is 0 Å². The average molecular weight is 467 g/mol. The third-order valence-corrected chi connectivity index (χ3v) is 7.32. The zero-order valence-electron chi connectivity index (χ0n) is 18.7. The highest BCUT2D eigenvalue weighted by Gasteiger charge is 2.32. The Balaban J connectivity index is 1.45. The fourth-order valence-electron chi connectivity index (χ4n) is 3.63. The Bertz CT molecular complexity index is 1270. The second-order valence-corrected chi connectivity index (χ2v) is 9.85. The molecule has 8 heteroatoms. The van der Waals surface area contributed by atoms with Gasteiger partial charge in [-0.05, 0) is 74.4 Å². The number of para-hydroxylation sites is 2. The number of anilines is 2. The van der Waals surface area contributed by atoms with Gasteiger partial charge >= 0.3 is 0 Å². The molecule has 1 atom stereocenters. The summed E-state index contributed by atoms with van der Waals surface area (Å²) in [7, 11) is -3.79. The summed E-state index contributed by atoms with van der Waals surface area (Å²) in [4.78, 5) is 12.4. The molecule has 0 saturated carbocycles. The molecular formula is C25H26N2O5S. The summed E-state index contributed by atoms with van der Waals surface area (Å²) in [6.07, 6.45) is -0.273. The number of nitrogens with zero attached hydrogens (tertiary/aromatic N) is 1. The number of hydrogen-bond acceptors (Lipinski definition) is 5. The Kier molecular flexibility index (Phi) is 6.29. The van der Waals surface area contributed by atoms with Gasteiger partial charge in [0.15, 0.2) is 6.61 Å². The van der Waals surface area contributed by atoms with E-state index in [0.717, 1.165) is 11.1 Å². The molecule has 1 aliphatic heterocycles. The number of ether oxygens (including phenoxy) is 2. The van der Waals surface area contributed by atoms with Gasteiger partial charge in [-0.2, -0.15) is 0 Å². The van der Waals surface area contributed by atoms with Crippen LogP contribution < -0.4 is 19.1 Å². The maximum absolute atomic E-state index is 13.3. The minimum absolute atomic E-state index is 0.135. The smallest absolute Gasteiger partial charge is 0.264 e. The largest absolute Gasteiger partial charge is 0.487 e. The lowest BCUT2D eigenvalue weighted by atomic mass is 10.1. The summed E-state index contributed by atoms with van der Waals surface area (Å²) in [6, 6.07) is 18.9. The number of rotatable bonds is 6. The number of fused-ring (bicyclic) bond motifs is 1. The molecule has 0 spiro atoms. The average Bonchev–Trinajstić information content (AvgIpc) is 2.80. The van der Waals surface area contributed by atoms with Crippen molar-refractivity contribution in [3.63, 3.8) is 0 Å². The highest BCUT2D eigenvalue weighted by Crippen LogP contribution is 2.36. The van der Waals surface area contributed by atoms with Crippen LogP contribution in [-0.4, -0.2) is 33.6 Å². The summed E-state index contributed by atoms with van der Waals surface area (Å²) in [5, 5.41) is 2.73. The number of carbonyl (C=O) groups excluding carboxylic acids is 1. The van der Waals surface area contributed by atoms with Gasteiger partial charge in [-0.15, -0.1) is 0 Å². The van der Waals surface area contributed by atoms with Gasteiger partial charge in [0.1, 0.15) is 17.6 Å². The Morgan fingerprint density at radius 2 is 1.79 bits per heavy atom. The van der Waals surface area contributed by atoms with Crippen LogP contribution >= 0.6 is 0 Å². The van der Waals surface area contributed by atoms with Crippen molar-refractivity contribution in [3.8, 4) is 11.5 Å². The van der Waals surface area contributed by atoms with Gasteiger partial charge in [-0.25, -0.2) is 8.42 Å². The van der Waals surface area contributed by atoms with E-state index in [9.17, 15) is 13.2 Å². The molecule has 33 heavy (non-hydrogen) atoms. The summed E-state index contributed by atoms with van der Waals surface area (Å²) in [6.45, 7) is 5.82. The number of nitrogens with one attached hydrogen (secondary N) is 1. The third-order valence-electron chi connectivity index (χ3n) is 5.52. The molecule has 1 heterocycles. The van der Waals surface area contributed by atoms with Crippen LogP contribution in [0.3, 0.4) is 0 Å². The molecule has 1 N–H and O–H groups in total. The second kappa shape index (κ2) is 9.15. The lowest BCUT2D eigenvalue weighted by Gasteiger charge is -2.34. The first-order valence-corrected chi connectivity index (χ1v) is 12.1. The fourth-order valence-corrected chi connectivity index (χ4v) is 5.19. The monoisotopic (exact) mass is 466 g/mol. The molecule has 4 rings (SSSR count). The number of carbonyl (C=O) groups is 1. The van der Waals surface area contributed by atoms with Gasteiger partial charge < -0.3 is 14.8 Å². The van der Waals surface area contributed by atoms with Crippen LogP contribution in [0, 0.1) is 13.8 Å². The first-order chi connectivity index (χ1) is 15.8. The highest BCUT2D eigenvalue weighted by molar-refractivity contribution is 7.92. The lowest BCUT2D eigenvalue weighted by molar-refractivity contribution is -0.118. The topological polar surface area (TPSA) is 84.9 Å². The summed E-state index contributed by atoms with van der Waals surface area (Å²) >= 11 is 0. The standard InChI is InChI=1S/C25H26N2O5S/c1-17-7-6-10-23(19(17)3)31-16-25(28)26-20-11-13-21(14-12-20)33(29,30)27-15-18(2)32-24-9-5-4-8-22(24)27/h4-14,18H,15-16H2,1-3H3,(H,26,28)/t18-/m1/s1. The van der Waals surface area contributed by atoms with Gasteiger partial charge in [0.25, 0.3) is 15.9 Å². The normalized spacial score (nSPS) is 15.4. The molecule has 3 aromatic carbocycles. The SMILES string of the molecule is Cc1cccc(OCC(=O)Nc2ccc(S(=O)(=O)N3C[C@@H](C)Oc4ccccc43)cc2)c1C. The van der Waals surface area contributed by atoms with Crippen molar-refractivity contribution in [1.82, 2.24) is 0 Å². The minimum Gasteiger partial charge on any atom is -0.487 e. The second-order valence-electron chi connectivity index (χ2n) is 7.99. The molecule has 3 aromatic rings. The van der Waals surface area contributed by atoms with Crippen LogP contribution in [0.2, 0.25) is 0 Å². The van der Waals surface area contributed by atoms with Crippen LogP contribution in [0.25, 0.3) is 0 Å². The maximum atomic E-state index is 13.3. The van der Waals surface area contributed by atoms with Crippen molar-refractivity contribution < 1.29 is 22.7 Å². The number of aryl methyl sites for hydroxylation is 1. The quantitative estimate of drug-likeness (QED) is 0.586. The van der Waals surface area contributed by atoms with E-state index in [1.807, 2.05) is 45.0 Å². The maximum Gasteiger partial charge on any atom is 0.264 e. The zero-order valence-corrected chi connectivity index (χ0v) is 19.6. The molecule has 0 aliphatic carbocycles. The van der Waals surface area contributed by atoms with Crippen molar-refractivity contribution in [2.45, 2.75) is 31.8 Å². The molecule has 1 aliphatic rings. The van der Waals surface area contributed by atoms with Gasteiger partial charge in [0.05, 0.1) is 17.1 Å². The zero-order chi connectivity index (χ0) is 23.6. The van der Waals surface area contributed by atoms with Gasteiger partial charge in [-0.1, -0.05) is 24.3 Å². The minimum atomic E-state index is -3.79. The van der Waals surface area contributed by atoms with E-state index in [4.69, 9.17) is 9.47 Å². The predicted molar refractivity (Wildman–Crippen MR) is 128 cm³/mol. The van der Waals surface area contributed by atoms with Gasteiger partial charge in [0, 0.05) is 5.69 Å². The van der Waals surface area contributed by atoms with E-state index in [1.165, 1.54) is 16.4 Å². The number of sulfonamides is 1. The Labute approximate surface area is 194 Å². The van der Waals surface area contributed by atoms with Crippen molar-refractivity contribution in [2.24, 2.45) is 0 Å². The summed E-state index contributed by atoms with van der Waals surface area (Å²) in [5.41, 5.74) is 3.07. The van der Waals surface area contributed by atoms with Gasteiger partial charge in [-0.3, -0.25) is 9.10 Å².